The van der Waals surface area contributed by atoms with Gasteiger partial charge in [-0.05, 0) is 59.4 Å². The molecule has 0 aromatic heterocycles. The Bertz CT molecular complexity index is 1350. The van der Waals surface area contributed by atoms with Crippen LogP contribution in [0.3, 0.4) is 0 Å². The number of hydrogen-bond acceptors (Lipinski definition) is 6. The number of benzene rings is 4. The number of esters is 2. The first kappa shape index (κ1) is 31.0. The number of carbonyl (C=O) groups is 3. The molecule has 0 aliphatic carbocycles. The Hall–Kier alpha value is -4.23. The molecule has 2 N–H and O–H groups in total. The summed E-state index contributed by atoms with van der Waals surface area (Å²) in [6.45, 7) is 3.92. The zero-order chi connectivity index (χ0) is 28.6. The van der Waals surface area contributed by atoms with E-state index in [-0.39, 0.29) is 26.1 Å². The number of aliphatic carboxylic acids is 1. The molecule has 39 heavy (non-hydrogen) atoms. The van der Waals surface area contributed by atoms with E-state index in [9.17, 15) is 14.4 Å². The molecular formula is C32H36O7. The summed E-state index contributed by atoms with van der Waals surface area (Å²) in [6, 6.07) is 28.0. The fourth-order valence-electron chi connectivity index (χ4n) is 4.00. The molecule has 0 aliphatic rings. The van der Waals surface area contributed by atoms with Gasteiger partial charge in [-0.1, -0.05) is 84.9 Å². The molecule has 4 aromatic rings. The van der Waals surface area contributed by atoms with Gasteiger partial charge in [-0.2, -0.15) is 0 Å². The maximum Gasteiger partial charge on any atom is 0.320 e. The summed E-state index contributed by atoms with van der Waals surface area (Å²) < 4.78 is 9.98. The smallest absolute Gasteiger partial charge is 0.320 e. The first-order valence-corrected chi connectivity index (χ1v) is 12.9. The minimum Gasteiger partial charge on any atom is -0.481 e. The molecule has 0 bridgehead atoms. The maximum absolute atomic E-state index is 12.0. The van der Waals surface area contributed by atoms with Gasteiger partial charge in [0, 0.05) is 13.5 Å². The largest absolute Gasteiger partial charge is 0.481 e. The van der Waals surface area contributed by atoms with E-state index in [2.05, 4.69) is 12.1 Å². The molecule has 0 spiro atoms. The monoisotopic (exact) mass is 532 g/mol. The van der Waals surface area contributed by atoms with Gasteiger partial charge in [-0.25, -0.2) is 0 Å². The lowest BCUT2D eigenvalue weighted by Gasteiger charge is -2.14. The fourth-order valence-corrected chi connectivity index (χ4v) is 4.00. The third-order valence-corrected chi connectivity index (χ3v) is 5.84. The van der Waals surface area contributed by atoms with Gasteiger partial charge < -0.3 is 19.7 Å². The normalized spacial score (nSPS) is 10.2. The molecule has 206 valence electrons. The topological polar surface area (TPSA) is 110 Å². The van der Waals surface area contributed by atoms with Crippen LogP contribution in [0.5, 0.6) is 0 Å². The highest BCUT2D eigenvalue weighted by Crippen LogP contribution is 2.20. The molecule has 0 radical (unpaired) electrons. The molecular weight excluding hydrogens is 496 g/mol. The van der Waals surface area contributed by atoms with Gasteiger partial charge in [0.25, 0.3) is 0 Å². The van der Waals surface area contributed by atoms with E-state index in [1.807, 2.05) is 72.8 Å². The summed E-state index contributed by atoms with van der Waals surface area (Å²) >= 11 is 0. The second-order valence-corrected chi connectivity index (χ2v) is 8.52. The number of carboxylic acid groups (broad SMARTS) is 1. The molecule has 0 saturated carbocycles. The van der Waals surface area contributed by atoms with Crippen molar-refractivity contribution >= 4 is 39.5 Å². The second kappa shape index (κ2) is 16.6. The second-order valence-electron chi connectivity index (χ2n) is 8.52. The van der Waals surface area contributed by atoms with Crippen molar-refractivity contribution in [1.82, 2.24) is 0 Å². The van der Waals surface area contributed by atoms with Gasteiger partial charge in [0.05, 0.1) is 13.2 Å². The summed E-state index contributed by atoms with van der Waals surface area (Å²) in [5.74, 6) is -2.73. The summed E-state index contributed by atoms with van der Waals surface area (Å²) in [7, 11) is 1.00. The van der Waals surface area contributed by atoms with Crippen LogP contribution in [0.15, 0.2) is 84.9 Å². The minimum atomic E-state index is -0.916. The van der Waals surface area contributed by atoms with Crippen LogP contribution in [0.2, 0.25) is 0 Å². The van der Waals surface area contributed by atoms with Crippen molar-refractivity contribution in [2.75, 3.05) is 20.3 Å². The summed E-state index contributed by atoms with van der Waals surface area (Å²) in [4.78, 5) is 34.4. The van der Waals surface area contributed by atoms with E-state index >= 15 is 0 Å². The predicted molar refractivity (Wildman–Crippen MR) is 152 cm³/mol. The van der Waals surface area contributed by atoms with E-state index in [1.54, 1.807) is 13.8 Å². The molecule has 7 heteroatoms. The zero-order valence-corrected chi connectivity index (χ0v) is 22.6. The first-order valence-electron chi connectivity index (χ1n) is 12.9. The average molecular weight is 533 g/mol. The number of hydrogen-bond donors (Lipinski definition) is 2. The number of aryl methyl sites for hydroxylation is 1. The highest BCUT2D eigenvalue weighted by Gasteiger charge is 2.29. The van der Waals surface area contributed by atoms with E-state index < -0.39 is 23.8 Å². The number of ether oxygens (including phenoxy) is 2. The van der Waals surface area contributed by atoms with Crippen molar-refractivity contribution in [3.05, 3.63) is 96.1 Å². The molecule has 0 aliphatic heterocycles. The van der Waals surface area contributed by atoms with E-state index in [4.69, 9.17) is 19.7 Å². The Labute approximate surface area is 229 Å². The Morgan fingerprint density at radius 2 is 1.10 bits per heavy atom. The van der Waals surface area contributed by atoms with Gasteiger partial charge in [0.15, 0.2) is 5.92 Å². The number of aliphatic hydroxyl groups is 1. The molecule has 0 atom stereocenters. The minimum absolute atomic E-state index is 0.193. The molecule has 0 amide bonds. The van der Waals surface area contributed by atoms with E-state index in [1.165, 1.54) is 10.8 Å². The van der Waals surface area contributed by atoms with Crippen LogP contribution in [0.25, 0.3) is 21.5 Å². The first-order chi connectivity index (χ1) is 18.9. The van der Waals surface area contributed by atoms with Crippen LogP contribution < -0.4 is 0 Å². The zero-order valence-electron chi connectivity index (χ0n) is 22.6. The van der Waals surface area contributed by atoms with Crippen molar-refractivity contribution < 1.29 is 34.1 Å². The highest BCUT2D eigenvalue weighted by molar-refractivity contribution is 5.95. The Morgan fingerprint density at radius 3 is 1.56 bits per heavy atom. The number of rotatable bonds is 9. The van der Waals surface area contributed by atoms with Crippen LogP contribution >= 0.6 is 0 Å². The lowest BCUT2D eigenvalue weighted by Crippen LogP contribution is -2.30. The SMILES string of the molecule is CCOC(=O)C(Cc1ccc2ccccc2c1)C(=O)OCC.CO.O=C(O)CCc1ccc2ccccc2c1. The Morgan fingerprint density at radius 1 is 0.667 bits per heavy atom. The predicted octanol–water partition coefficient (Wildman–Crippen LogP) is 5.59. The van der Waals surface area contributed by atoms with Gasteiger partial charge in [-0.3, -0.25) is 14.4 Å². The number of fused-ring (bicyclic) bond motifs is 2. The summed E-state index contributed by atoms with van der Waals surface area (Å²) in [5, 5.41) is 20.1. The van der Waals surface area contributed by atoms with Crippen molar-refractivity contribution in [1.29, 1.82) is 0 Å². The highest BCUT2D eigenvalue weighted by atomic mass is 16.6. The van der Waals surface area contributed by atoms with Gasteiger partial charge >= 0.3 is 17.9 Å². The molecule has 0 heterocycles. The molecule has 7 nitrogen and oxygen atoms in total. The van der Waals surface area contributed by atoms with Crippen LogP contribution in [-0.4, -0.2) is 48.4 Å². The average Bonchev–Trinajstić information content (AvgIpc) is 2.96. The molecule has 0 unspecified atom stereocenters. The van der Waals surface area contributed by atoms with E-state index in [0.29, 0.717) is 6.42 Å². The maximum atomic E-state index is 12.0. The standard InChI is InChI=1S/C18H20O4.C13H12O2.CH4O/c1-3-21-17(19)16(18(20)22-4-2)12-13-9-10-14-7-5-6-8-15(14)11-13;14-13(15)8-6-10-5-7-11-3-1-2-4-12(11)9-10;1-2/h5-11,16H,3-4,12H2,1-2H3;1-5,7,9H,6,8H2,(H,14,15);2H,1H3. The molecule has 0 saturated heterocycles. The number of aliphatic hydroxyl groups excluding tert-OH is 1. The summed E-state index contributed by atoms with van der Waals surface area (Å²) in [5.41, 5.74) is 1.99. The quantitative estimate of drug-likeness (QED) is 0.214. The molecule has 4 aromatic carbocycles. The number of carbonyl (C=O) groups excluding carboxylic acids is 2. The molecule has 0 fully saturated rings. The Kier molecular flexibility index (Phi) is 13.2. The van der Waals surface area contributed by atoms with Gasteiger partial charge in [0.1, 0.15) is 0 Å². The van der Waals surface area contributed by atoms with Gasteiger partial charge in [-0.15, -0.1) is 0 Å². The van der Waals surface area contributed by atoms with Gasteiger partial charge in [0.2, 0.25) is 0 Å². The Balaban J connectivity index is 0.000000273. The van der Waals surface area contributed by atoms with Crippen molar-refractivity contribution in [3.63, 3.8) is 0 Å². The van der Waals surface area contributed by atoms with Crippen LogP contribution in [0.4, 0.5) is 0 Å². The summed E-state index contributed by atoms with van der Waals surface area (Å²) in [6.07, 6.45) is 1.07. The van der Waals surface area contributed by atoms with Crippen molar-refractivity contribution in [3.8, 4) is 0 Å². The third kappa shape index (κ3) is 9.87. The number of carboxylic acids is 1. The van der Waals surface area contributed by atoms with Crippen LogP contribution in [-0.2, 0) is 36.7 Å². The van der Waals surface area contributed by atoms with Crippen LogP contribution in [0, 0.1) is 5.92 Å². The van der Waals surface area contributed by atoms with E-state index in [0.717, 1.165) is 29.0 Å². The van der Waals surface area contributed by atoms with Crippen molar-refractivity contribution in [2.45, 2.75) is 33.1 Å². The molecule has 4 rings (SSSR count). The third-order valence-electron chi connectivity index (χ3n) is 5.84. The lowest BCUT2D eigenvalue weighted by molar-refractivity contribution is -0.161. The van der Waals surface area contributed by atoms with Crippen LogP contribution in [0.1, 0.15) is 31.4 Å². The lowest BCUT2D eigenvalue weighted by atomic mass is 9.97. The fraction of sp³-hybridized carbons (Fsp3) is 0.281. The van der Waals surface area contributed by atoms with Crippen molar-refractivity contribution in [2.24, 2.45) is 5.92 Å².